The van der Waals surface area contributed by atoms with E-state index < -0.39 is 39.9 Å². The lowest BCUT2D eigenvalue weighted by molar-refractivity contribution is -0.129. The van der Waals surface area contributed by atoms with E-state index in [4.69, 9.17) is 10.5 Å². The minimum absolute atomic E-state index is 0.00131. The molecule has 15 heteroatoms. The van der Waals surface area contributed by atoms with E-state index in [0.29, 0.717) is 42.0 Å². The van der Waals surface area contributed by atoms with Crippen LogP contribution >= 0.6 is 11.3 Å². The summed E-state index contributed by atoms with van der Waals surface area (Å²) >= 11 is 1.24. The van der Waals surface area contributed by atoms with E-state index in [1.54, 1.807) is 6.07 Å². The molecule has 4 rings (SSSR count). The molecular weight excluding hydrogens is 512 g/mol. The number of ether oxygens (including phenoxy) is 1. The summed E-state index contributed by atoms with van der Waals surface area (Å²) in [5.74, 6) is -2.21. The Hall–Kier alpha value is -3.04. The van der Waals surface area contributed by atoms with Crippen molar-refractivity contribution in [3.8, 4) is 21.8 Å². The largest absolute Gasteiger partial charge is 0.390 e. The summed E-state index contributed by atoms with van der Waals surface area (Å²) in [4.78, 5) is 15.1. The lowest BCUT2D eigenvalue weighted by Gasteiger charge is -2.26. The first-order valence-corrected chi connectivity index (χ1v) is 12.8. The Bertz CT molecular complexity index is 1310. The van der Waals surface area contributed by atoms with Gasteiger partial charge in [0, 0.05) is 24.8 Å². The van der Waals surface area contributed by atoms with Gasteiger partial charge in [-0.15, -0.1) is 0 Å². The number of hydrogen-bond donors (Lipinski definition) is 2. The third-order valence-electron chi connectivity index (χ3n) is 4.98. The number of aromatic nitrogens is 3. The van der Waals surface area contributed by atoms with Crippen LogP contribution in [0.1, 0.15) is 6.42 Å². The topological polar surface area (TPSA) is 123 Å². The van der Waals surface area contributed by atoms with E-state index in [1.807, 2.05) is 9.62 Å². The molecular formula is C20H20F4N6O3S2. The molecule has 3 aromatic rings. The van der Waals surface area contributed by atoms with Gasteiger partial charge in [-0.3, -0.25) is 4.72 Å². The molecule has 3 N–H and O–H groups in total. The van der Waals surface area contributed by atoms with Gasteiger partial charge >= 0.3 is 6.18 Å². The maximum Gasteiger partial charge on any atom is 0.390 e. The molecule has 0 spiro atoms. The molecule has 0 unspecified atom stereocenters. The second-order valence-electron chi connectivity index (χ2n) is 7.53. The number of morpholine rings is 1. The first-order valence-electron chi connectivity index (χ1n) is 10.3. The number of sulfonamides is 1. The number of nitrogens with zero attached hydrogens (tertiary/aromatic N) is 4. The van der Waals surface area contributed by atoms with Gasteiger partial charge in [-0.2, -0.15) is 13.2 Å². The number of nitrogens with two attached hydrogens (primary N) is 1. The van der Waals surface area contributed by atoms with Gasteiger partial charge in [-0.25, -0.2) is 27.8 Å². The predicted octanol–water partition coefficient (Wildman–Crippen LogP) is 3.52. The number of nitrogens with one attached hydrogen (secondary N) is 1. The minimum Gasteiger partial charge on any atom is -0.378 e. The van der Waals surface area contributed by atoms with Crippen LogP contribution in [0.2, 0.25) is 0 Å². The number of benzene rings is 1. The quantitative estimate of drug-likeness (QED) is 0.443. The second kappa shape index (κ2) is 9.91. The zero-order chi connectivity index (χ0) is 25.2. The third kappa shape index (κ3) is 6.15. The SMILES string of the molecule is Nc1nccc(-c2sc(N3CCOCC3)nc2-c2cccc(NS(=O)(=O)CCC(F)(F)F)c2F)n1. The number of thiazole rings is 1. The molecule has 9 nitrogen and oxygen atoms in total. The Labute approximate surface area is 202 Å². The zero-order valence-electron chi connectivity index (χ0n) is 18.0. The van der Waals surface area contributed by atoms with Gasteiger partial charge in [0.15, 0.2) is 10.9 Å². The van der Waals surface area contributed by atoms with Crippen molar-refractivity contribution in [2.75, 3.05) is 47.4 Å². The van der Waals surface area contributed by atoms with Gasteiger partial charge in [-0.1, -0.05) is 17.4 Å². The van der Waals surface area contributed by atoms with Crippen LogP contribution in [0.4, 0.5) is 34.3 Å². The summed E-state index contributed by atoms with van der Waals surface area (Å²) in [5.41, 5.74) is 5.75. The first-order chi connectivity index (χ1) is 16.5. The van der Waals surface area contributed by atoms with Gasteiger partial charge < -0.3 is 15.4 Å². The Kier molecular flexibility index (Phi) is 7.10. The Morgan fingerprint density at radius 2 is 1.91 bits per heavy atom. The fourth-order valence-electron chi connectivity index (χ4n) is 3.32. The van der Waals surface area contributed by atoms with Gasteiger partial charge in [0.1, 0.15) is 0 Å². The van der Waals surface area contributed by atoms with Crippen molar-refractivity contribution in [3.63, 3.8) is 0 Å². The highest BCUT2D eigenvalue weighted by Crippen LogP contribution is 2.41. The van der Waals surface area contributed by atoms with E-state index in [2.05, 4.69) is 15.0 Å². The van der Waals surface area contributed by atoms with Crippen LogP contribution in [0.15, 0.2) is 30.5 Å². The summed E-state index contributed by atoms with van der Waals surface area (Å²) < 4.78 is 84.5. The predicted molar refractivity (Wildman–Crippen MR) is 124 cm³/mol. The highest BCUT2D eigenvalue weighted by molar-refractivity contribution is 7.92. The molecule has 0 radical (unpaired) electrons. The van der Waals surface area contributed by atoms with E-state index in [0.717, 1.165) is 6.07 Å². The smallest absolute Gasteiger partial charge is 0.378 e. The normalized spacial score (nSPS) is 14.8. The van der Waals surface area contributed by atoms with Gasteiger partial charge in [-0.05, 0) is 18.2 Å². The number of nitrogen functional groups attached to an aromatic ring is 1. The van der Waals surface area contributed by atoms with Crippen molar-refractivity contribution in [3.05, 3.63) is 36.3 Å². The molecule has 1 aromatic carbocycles. The molecule has 0 bridgehead atoms. The zero-order valence-corrected chi connectivity index (χ0v) is 19.7. The fraction of sp³-hybridized carbons (Fsp3) is 0.350. The lowest BCUT2D eigenvalue weighted by Crippen LogP contribution is -2.36. The van der Waals surface area contributed by atoms with Crippen LogP contribution in [0, 0.1) is 5.82 Å². The van der Waals surface area contributed by atoms with Crippen LogP contribution < -0.4 is 15.4 Å². The van der Waals surface area contributed by atoms with Crippen molar-refractivity contribution in [2.45, 2.75) is 12.6 Å². The summed E-state index contributed by atoms with van der Waals surface area (Å²) in [6, 6.07) is 5.49. The van der Waals surface area contributed by atoms with Crippen molar-refractivity contribution < 1.29 is 30.7 Å². The van der Waals surface area contributed by atoms with Crippen LogP contribution in [-0.4, -0.2) is 61.6 Å². The Morgan fingerprint density at radius 1 is 1.17 bits per heavy atom. The molecule has 188 valence electrons. The number of anilines is 3. The van der Waals surface area contributed by atoms with Crippen LogP contribution in [-0.2, 0) is 14.8 Å². The number of hydrogen-bond acceptors (Lipinski definition) is 9. The summed E-state index contributed by atoms with van der Waals surface area (Å²) in [6.07, 6.45) is -4.78. The van der Waals surface area contributed by atoms with Crippen molar-refractivity contribution in [1.29, 1.82) is 0 Å². The molecule has 1 fully saturated rings. The molecule has 0 saturated carbocycles. The van der Waals surface area contributed by atoms with Crippen LogP contribution in [0.5, 0.6) is 0 Å². The second-order valence-corrected chi connectivity index (χ2v) is 10.3. The fourth-order valence-corrected chi connectivity index (χ4v) is 5.51. The molecule has 35 heavy (non-hydrogen) atoms. The molecule has 1 saturated heterocycles. The van der Waals surface area contributed by atoms with E-state index in [-0.39, 0.29) is 17.2 Å². The number of rotatable bonds is 7. The van der Waals surface area contributed by atoms with Gasteiger partial charge in [0.05, 0.1) is 47.3 Å². The molecule has 2 aromatic heterocycles. The van der Waals surface area contributed by atoms with Crippen molar-refractivity contribution in [2.24, 2.45) is 0 Å². The van der Waals surface area contributed by atoms with Crippen molar-refractivity contribution >= 4 is 38.1 Å². The molecule has 3 heterocycles. The number of alkyl halides is 3. The summed E-state index contributed by atoms with van der Waals surface area (Å²) in [6.45, 7) is 2.13. The summed E-state index contributed by atoms with van der Waals surface area (Å²) in [7, 11) is -4.46. The average molecular weight is 533 g/mol. The van der Waals surface area contributed by atoms with E-state index >= 15 is 4.39 Å². The Balaban J connectivity index is 1.74. The monoisotopic (exact) mass is 532 g/mol. The van der Waals surface area contributed by atoms with Crippen LogP contribution in [0.25, 0.3) is 21.8 Å². The van der Waals surface area contributed by atoms with Gasteiger partial charge in [0.2, 0.25) is 16.0 Å². The lowest BCUT2D eigenvalue weighted by atomic mass is 10.1. The first kappa shape index (κ1) is 25.1. The highest BCUT2D eigenvalue weighted by atomic mass is 32.2. The van der Waals surface area contributed by atoms with Crippen molar-refractivity contribution in [1.82, 2.24) is 15.0 Å². The summed E-state index contributed by atoms with van der Waals surface area (Å²) in [5, 5.41) is 0.575. The van der Waals surface area contributed by atoms with E-state index in [1.165, 1.54) is 29.7 Å². The molecule has 1 aliphatic rings. The maximum absolute atomic E-state index is 15.5. The van der Waals surface area contributed by atoms with Crippen LogP contribution in [0.3, 0.4) is 0 Å². The van der Waals surface area contributed by atoms with Gasteiger partial charge in [0.25, 0.3) is 0 Å². The highest BCUT2D eigenvalue weighted by Gasteiger charge is 2.31. The average Bonchev–Trinajstić information content (AvgIpc) is 3.25. The molecule has 0 aliphatic carbocycles. The third-order valence-corrected chi connectivity index (χ3v) is 7.39. The number of halogens is 4. The molecule has 0 amide bonds. The Morgan fingerprint density at radius 3 is 2.60 bits per heavy atom. The standard InChI is InChI=1S/C20H20F4N6O3S2/c21-15-12(2-1-3-13(15)29-35(31,32)11-5-20(22,23)24)16-17(14-4-6-26-18(25)27-14)34-19(28-16)30-7-9-33-10-8-30/h1-4,6,29H,5,7-11H2,(H2,25,26,27). The maximum atomic E-state index is 15.5. The molecule has 1 aliphatic heterocycles. The minimum atomic E-state index is -4.67. The van der Waals surface area contributed by atoms with E-state index in [9.17, 15) is 21.6 Å². The molecule has 0 atom stereocenters.